The molecule has 11 heteroatoms. The molecule has 1 aliphatic rings. The number of carbonyl (C=O) groups is 2. The molecule has 0 aliphatic carbocycles. The number of anilines is 1. The van der Waals surface area contributed by atoms with E-state index in [1.54, 1.807) is 12.3 Å². The maximum atomic E-state index is 13.3. The first-order chi connectivity index (χ1) is 20.6. The Bertz CT molecular complexity index is 1520. The Balaban J connectivity index is 1.40. The topological polar surface area (TPSA) is 126 Å². The molecule has 2 aromatic heterocycles. The lowest BCUT2D eigenvalue weighted by Gasteiger charge is -2.28. The summed E-state index contributed by atoms with van der Waals surface area (Å²) in [6.07, 6.45) is 1.96. The van der Waals surface area contributed by atoms with Crippen molar-refractivity contribution in [3.05, 3.63) is 83.7 Å². The highest BCUT2D eigenvalue weighted by Gasteiger charge is 2.29. The quantitative estimate of drug-likeness (QED) is 0.223. The zero-order valence-electron chi connectivity index (χ0n) is 24.0. The van der Waals surface area contributed by atoms with Crippen molar-refractivity contribution < 1.29 is 14.3 Å². The molecule has 1 aliphatic heterocycles. The van der Waals surface area contributed by atoms with Crippen LogP contribution < -0.4 is 20.9 Å². The monoisotopic (exact) mass is 568 g/mol. The van der Waals surface area contributed by atoms with Crippen LogP contribution in [0, 0.1) is 0 Å². The summed E-state index contributed by atoms with van der Waals surface area (Å²) in [5.41, 5.74) is 6.41. The van der Waals surface area contributed by atoms with E-state index in [4.69, 9.17) is 4.74 Å². The summed E-state index contributed by atoms with van der Waals surface area (Å²) in [6, 6.07) is 19.5. The van der Waals surface area contributed by atoms with Crippen molar-refractivity contribution in [1.82, 2.24) is 35.9 Å². The summed E-state index contributed by atoms with van der Waals surface area (Å²) in [5, 5.41) is 18.1. The molecule has 3 N–H and O–H groups in total. The van der Waals surface area contributed by atoms with Crippen LogP contribution in [0.1, 0.15) is 28.0 Å². The van der Waals surface area contributed by atoms with Gasteiger partial charge in [-0.15, -0.1) is 5.10 Å². The van der Waals surface area contributed by atoms with Crippen molar-refractivity contribution in [1.29, 1.82) is 0 Å². The first-order valence-electron chi connectivity index (χ1n) is 14.1. The van der Waals surface area contributed by atoms with Gasteiger partial charge in [-0.25, -0.2) is 4.68 Å². The fraction of sp³-hybridized carbons (Fsp3) is 0.323. The van der Waals surface area contributed by atoms with Gasteiger partial charge in [0, 0.05) is 43.4 Å². The lowest BCUT2D eigenvalue weighted by atomic mass is 9.95. The number of nitrogens with zero attached hydrogens (tertiary/aromatic N) is 5. The van der Waals surface area contributed by atoms with Crippen molar-refractivity contribution in [2.75, 3.05) is 51.8 Å². The highest BCUT2D eigenvalue weighted by Crippen LogP contribution is 2.41. The van der Waals surface area contributed by atoms with E-state index in [-0.39, 0.29) is 11.8 Å². The first kappa shape index (κ1) is 29.1. The second kappa shape index (κ2) is 13.9. The van der Waals surface area contributed by atoms with Crippen molar-refractivity contribution in [2.24, 2.45) is 0 Å². The van der Waals surface area contributed by atoms with Crippen LogP contribution in [0.2, 0.25) is 0 Å². The smallest absolute Gasteiger partial charge is 0.252 e. The maximum absolute atomic E-state index is 13.3. The van der Waals surface area contributed by atoms with E-state index in [1.165, 1.54) is 0 Å². The summed E-state index contributed by atoms with van der Waals surface area (Å²) in [7, 11) is 3.71. The Hall–Kier alpha value is -4.45. The van der Waals surface area contributed by atoms with Gasteiger partial charge < -0.3 is 25.6 Å². The number of benzene rings is 2. The van der Waals surface area contributed by atoms with Gasteiger partial charge in [-0.3, -0.25) is 14.6 Å². The van der Waals surface area contributed by atoms with E-state index in [9.17, 15) is 9.59 Å². The molecule has 3 heterocycles. The molecular formula is C31H36N8O3. The molecule has 5 rings (SSSR count). The van der Waals surface area contributed by atoms with Crippen LogP contribution in [0.3, 0.4) is 0 Å². The lowest BCUT2D eigenvalue weighted by Crippen LogP contribution is -2.33. The largest absolute Gasteiger partial charge is 0.378 e. The standard InChI is InChI=1S/C31H36N8O3/c1-32-14-13-28(40)38-20-23-7-3-4-8-25(23)30-29(26-9-5-6-10-27(26)38)36-37-39(30)21-24-12-11-22(19-35-24)31(41)34-16-18-42-17-15-33-2/h3-12,19,32-33H,13-18,20-21H2,1-2H3,(H,34,41). The average Bonchev–Trinajstić information content (AvgIpc) is 3.42. The van der Waals surface area contributed by atoms with Gasteiger partial charge in [0.05, 0.1) is 48.9 Å². The van der Waals surface area contributed by atoms with Crippen LogP contribution in [0.5, 0.6) is 0 Å². The van der Waals surface area contributed by atoms with E-state index < -0.39 is 0 Å². The Morgan fingerprint density at radius 2 is 1.67 bits per heavy atom. The summed E-state index contributed by atoms with van der Waals surface area (Å²) >= 11 is 0. The van der Waals surface area contributed by atoms with Crippen LogP contribution in [0.15, 0.2) is 66.9 Å². The first-order valence-corrected chi connectivity index (χ1v) is 14.1. The fourth-order valence-electron chi connectivity index (χ4n) is 4.94. The third-order valence-corrected chi connectivity index (χ3v) is 7.10. The summed E-state index contributed by atoms with van der Waals surface area (Å²) in [6.45, 7) is 3.63. The van der Waals surface area contributed by atoms with Crippen LogP contribution in [0.4, 0.5) is 5.69 Å². The van der Waals surface area contributed by atoms with Gasteiger partial charge in [0.1, 0.15) is 5.69 Å². The highest BCUT2D eigenvalue weighted by molar-refractivity contribution is 6.00. The predicted octanol–water partition coefficient (Wildman–Crippen LogP) is 2.48. The van der Waals surface area contributed by atoms with Crippen molar-refractivity contribution >= 4 is 17.5 Å². The number of hydrogen-bond acceptors (Lipinski definition) is 8. The molecule has 42 heavy (non-hydrogen) atoms. The summed E-state index contributed by atoms with van der Waals surface area (Å²) < 4.78 is 7.29. The number of para-hydroxylation sites is 1. The Labute approximate surface area is 245 Å². The molecule has 2 aromatic carbocycles. The molecule has 4 aromatic rings. The van der Waals surface area contributed by atoms with Crippen molar-refractivity contribution in [2.45, 2.75) is 19.5 Å². The zero-order chi connectivity index (χ0) is 29.3. The van der Waals surface area contributed by atoms with E-state index in [2.05, 4.69) is 31.2 Å². The van der Waals surface area contributed by atoms with Gasteiger partial charge in [0.15, 0.2) is 0 Å². The molecule has 0 atom stereocenters. The second-order valence-electron chi connectivity index (χ2n) is 9.96. The molecule has 0 saturated heterocycles. The van der Waals surface area contributed by atoms with E-state index in [1.807, 2.05) is 78.3 Å². The number of carbonyl (C=O) groups excluding carboxylic acids is 2. The van der Waals surface area contributed by atoms with Gasteiger partial charge >= 0.3 is 0 Å². The predicted molar refractivity (Wildman–Crippen MR) is 161 cm³/mol. The van der Waals surface area contributed by atoms with E-state index in [0.29, 0.717) is 57.1 Å². The fourth-order valence-corrected chi connectivity index (χ4v) is 4.94. The van der Waals surface area contributed by atoms with Crippen LogP contribution in [0.25, 0.3) is 22.5 Å². The Morgan fingerprint density at radius 3 is 2.45 bits per heavy atom. The van der Waals surface area contributed by atoms with Gasteiger partial charge in [-0.1, -0.05) is 47.7 Å². The summed E-state index contributed by atoms with van der Waals surface area (Å²) in [4.78, 5) is 32.3. The number of fused-ring (bicyclic) bond motifs is 5. The molecule has 0 saturated carbocycles. The van der Waals surface area contributed by atoms with Crippen molar-refractivity contribution in [3.63, 3.8) is 0 Å². The minimum atomic E-state index is -0.198. The number of aromatic nitrogens is 4. The third kappa shape index (κ3) is 6.54. The minimum absolute atomic E-state index is 0.0390. The Morgan fingerprint density at radius 1 is 0.905 bits per heavy atom. The molecule has 0 fully saturated rings. The number of rotatable bonds is 12. The van der Waals surface area contributed by atoms with Crippen LogP contribution in [-0.2, 0) is 22.6 Å². The number of hydrogen-bond donors (Lipinski definition) is 3. The zero-order valence-corrected chi connectivity index (χ0v) is 24.0. The number of ether oxygens (including phenoxy) is 1. The lowest BCUT2D eigenvalue weighted by molar-refractivity contribution is -0.118. The number of likely N-dealkylation sites (N-methyl/N-ethyl adjacent to an activating group) is 1. The molecule has 0 bridgehead atoms. The van der Waals surface area contributed by atoms with Crippen LogP contribution >= 0.6 is 0 Å². The maximum Gasteiger partial charge on any atom is 0.252 e. The molecular weight excluding hydrogens is 532 g/mol. The second-order valence-corrected chi connectivity index (χ2v) is 9.96. The number of amides is 2. The SMILES string of the molecule is CNCCOCCNC(=O)c1ccc(Cn2nnc3c2-c2ccccc2CN(C(=O)CCNC)c2ccccc2-3)nc1. The van der Waals surface area contributed by atoms with Gasteiger partial charge in [-0.2, -0.15) is 0 Å². The molecule has 11 nitrogen and oxygen atoms in total. The third-order valence-electron chi connectivity index (χ3n) is 7.10. The van der Waals surface area contributed by atoms with Crippen LogP contribution in [-0.4, -0.2) is 78.7 Å². The highest BCUT2D eigenvalue weighted by atomic mass is 16.5. The Kier molecular flexibility index (Phi) is 9.65. The molecule has 0 spiro atoms. The number of pyridine rings is 1. The normalized spacial score (nSPS) is 12.1. The van der Waals surface area contributed by atoms with Crippen molar-refractivity contribution in [3.8, 4) is 22.5 Å². The van der Waals surface area contributed by atoms with E-state index in [0.717, 1.165) is 40.3 Å². The molecule has 0 radical (unpaired) electrons. The summed E-state index contributed by atoms with van der Waals surface area (Å²) in [5.74, 6) is -0.159. The minimum Gasteiger partial charge on any atom is -0.378 e. The molecule has 2 amide bonds. The number of nitrogens with one attached hydrogen (secondary N) is 3. The van der Waals surface area contributed by atoms with Gasteiger partial charge in [0.2, 0.25) is 5.91 Å². The molecule has 0 unspecified atom stereocenters. The van der Waals surface area contributed by atoms with Gasteiger partial charge in [-0.05, 0) is 37.9 Å². The average molecular weight is 569 g/mol. The van der Waals surface area contributed by atoms with E-state index >= 15 is 0 Å². The molecule has 218 valence electrons. The van der Waals surface area contributed by atoms with Gasteiger partial charge in [0.25, 0.3) is 5.91 Å².